The largest absolute Gasteiger partial charge is 0.388 e. The van der Waals surface area contributed by atoms with E-state index in [9.17, 15) is 0 Å². The molecule has 3 heteroatoms. The van der Waals surface area contributed by atoms with Crippen LogP contribution in [0.15, 0.2) is 24.3 Å². The second-order valence-electron chi connectivity index (χ2n) is 4.91. The molecule has 0 amide bonds. The molecular weight excluding hydrogens is 198 g/mol. The molecule has 2 bridgehead atoms. The molecule has 0 radical (unpaired) electrons. The van der Waals surface area contributed by atoms with Crippen LogP contribution in [0.1, 0.15) is 6.42 Å². The summed E-state index contributed by atoms with van der Waals surface area (Å²) in [5.41, 5.74) is 2.55. The molecule has 3 aliphatic heterocycles. The SMILES string of the molecule is CNc1ccc(N2CC3CC(C2)N3C)cc1. The third-order valence-corrected chi connectivity index (χ3v) is 4.08. The van der Waals surface area contributed by atoms with Crippen molar-refractivity contribution in [3.63, 3.8) is 0 Å². The van der Waals surface area contributed by atoms with E-state index >= 15 is 0 Å². The van der Waals surface area contributed by atoms with Gasteiger partial charge in [0.1, 0.15) is 0 Å². The van der Waals surface area contributed by atoms with E-state index in [0.29, 0.717) is 0 Å². The van der Waals surface area contributed by atoms with E-state index in [4.69, 9.17) is 0 Å². The van der Waals surface area contributed by atoms with Gasteiger partial charge in [-0.05, 0) is 37.7 Å². The standard InChI is InChI=1S/C13H19N3/c1-14-10-3-5-11(6-4-10)16-8-12-7-13(9-16)15(12)2/h3-6,12-14H,7-9H2,1-2H3. The number of likely N-dealkylation sites (N-methyl/N-ethyl adjacent to an activating group) is 1. The van der Waals surface area contributed by atoms with Gasteiger partial charge in [-0.25, -0.2) is 0 Å². The van der Waals surface area contributed by atoms with Crippen molar-refractivity contribution in [2.45, 2.75) is 18.5 Å². The molecule has 0 aliphatic carbocycles. The molecule has 3 aliphatic rings. The van der Waals surface area contributed by atoms with Crippen LogP contribution in [0.5, 0.6) is 0 Å². The van der Waals surface area contributed by atoms with Crippen molar-refractivity contribution in [3.05, 3.63) is 24.3 Å². The zero-order chi connectivity index (χ0) is 11.1. The first kappa shape index (κ1) is 9.97. The third kappa shape index (κ3) is 1.47. The summed E-state index contributed by atoms with van der Waals surface area (Å²) in [6, 6.07) is 10.3. The Bertz CT molecular complexity index is 361. The second kappa shape index (κ2) is 3.67. The summed E-state index contributed by atoms with van der Waals surface area (Å²) in [7, 11) is 4.21. The number of rotatable bonds is 2. The highest BCUT2D eigenvalue weighted by atomic mass is 15.3. The van der Waals surface area contributed by atoms with E-state index in [1.54, 1.807) is 0 Å². The molecule has 3 fully saturated rings. The molecule has 2 unspecified atom stereocenters. The van der Waals surface area contributed by atoms with Crippen LogP contribution in [0, 0.1) is 0 Å². The Morgan fingerprint density at radius 2 is 1.75 bits per heavy atom. The number of fused-ring (bicyclic) bond motifs is 2. The minimum atomic E-state index is 0.780. The first-order chi connectivity index (χ1) is 7.78. The lowest BCUT2D eigenvalue weighted by Crippen LogP contribution is -2.67. The Kier molecular flexibility index (Phi) is 2.28. The molecule has 4 rings (SSSR count). The number of nitrogens with zero attached hydrogens (tertiary/aromatic N) is 2. The zero-order valence-electron chi connectivity index (χ0n) is 9.98. The molecule has 16 heavy (non-hydrogen) atoms. The Hall–Kier alpha value is -1.22. The Balaban J connectivity index is 1.73. The Morgan fingerprint density at radius 3 is 2.25 bits per heavy atom. The van der Waals surface area contributed by atoms with E-state index in [0.717, 1.165) is 12.1 Å². The highest BCUT2D eigenvalue weighted by molar-refractivity contribution is 5.55. The summed E-state index contributed by atoms with van der Waals surface area (Å²) in [4.78, 5) is 5.02. The van der Waals surface area contributed by atoms with E-state index in [1.807, 2.05) is 7.05 Å². The van der Waals surface area contributed by atoms with Crippen molar-refractivity contribution in [1.82, 2.24) is 4.90 Å². The molecule has 1 aromatic carbocycles. The molecule has 1 N–H and O–H groups in total. The molecule has 2 atom stereocenters. The van der Waals surface area contributed by atoms with Gasteiger partial charge in [0.15, 0.2) is 0 Å². The van der Waals surface area contributed by atoms with Gasteiger partial charge in [0.05, 0.1) is 0 Å². The fourth-order valence-corrected chi connectivity index (χ4v) is 2.85. The van der Waals surface area contributed by atoms with E-state index in [1.165, 1.54) is 30.9 Å². The molecule has 3 saturated heterocycles. The van der Waals surface area contributed by atoms with Gasteiger partial charge in [0.2, 0.25) is 0 Å². The lowest BCUT2D eigenvalue weighted by Gasteiger charge is -2.55. The van der Waals surface area contributed by atoms with Crippen LogP contribution in [-0.4, -0.2) is 44.2 Å². The number of benzene rings is 1. The maximum Gasteiger partial charge on any atom is 0.0368 e. The van der Waals surface area contributed by atoms with Gasteiger partial charge in [-0.15, -0.1) is 0 Å². The summed E-state index contributed by atoms with van der Waals surface area (Å²) in [5, 5.41) is 3.15. The topological polar surface area (TPSA) is 18.5 Å². The summed E-state index contributed by atoms with van der Waals surface area (Å²) in [6.07, 6.45) is 1.39. The normalized spacial score (nSPS) is 28.8. The van der Waals surface area contributed by atoms with Gasteiger partial charge in [-0.3, -0.25) is 4.90 Å². The van der Waals surface area contributed by atoms with Crippen molar-refractivity contribution >= 4 is 11.4 Å². The van der Waals surface area contributed by atoms with E-state index < -0.39 is 0 Å². The highest BCUT2D eigenvalue weighted by Gasteiger charge is 2.41. The first-order valence-corrected chi connectivity index (χ1v) is 6.02. The highest BCUT2D eigenvalue weighted by Crippen LogP contribution is 2.33. The van der Waals surface area contributed by atoms with E-state index in [2.05, 4.69) is 46.4 Å². The van der Waals surface area contributed by atoms with Gasteiger partial charge >= 0.3 is 0 Å². The molecular formula is C13H19N3. The van der Waals surface area contributed by atoms with Crippen LogP contribution < -0.4 is 10.2 Å². The molecule has 0 saturated carbocycles. The van der Waals surface area contributed by atoms with Gasteiger partial charge in [-0.1, -0.05) is 0 Å². The Labute approximate surface area is 97.0 Å². The van der Waals surface area contributed by atoms with Crippen molar-refractivity contribution < 1.29 is 0 Å². The number of piperidine rings is 1. The van der Waals surface area contributed by atoms with E-state index in [-0.39, 0.29) is 0 Å². The van der Waals surface area contributed by atoms with Gasteiger partial charge < -0.3 is 10.2 Å². The molecule has 3 nitrogen and oxygen atoms in total. The predicted molar refractivity (Wildman–Crippen MR) is 68.2 cm³/mol. The van der Waals surface area contributed by atoms with Crippen LogP contribution in [0.4, 0.5) is 11.4 Å². The Morgan fingerprint density at radius 1 is 1.12 bits per heavy atom. The number of piperazine rings is 1. The number of nitrogens with one attached hydrogen (secondary N) is 1. The van der Waals surface area contributed by atoms with Crippen molar-refractivity contribution in [3.8, 4) is 0 Å². The lowest BCUT2D eigenvalue weighted by molar-refractivity contribution is 0.0264. The number of anilines is 2. The average molecular weight is 217 g/mol. The third-order valence-electron chi connectivity index (χ3n) is 4.08. The maximum atomic E-state index is 3.15. The lowest BCUT2D eigenvalue weighted by atomic mass is 9.88. The van der Waals surface area contributed by atoms with Crippen LogP contribution in [0.3, 0.4) is 0 Å². The monoisotopic (exact) mass is 217 g/mol. The maximum absolute atomic E-state index is 3.15. The summed E-state index contributed by atoms with van der Waals surface area (Å²) in [6.45, 7) is 2.37. The fraction of sp³-hybridized carbons (Fsp3) is 0.538. The minimum absolute atomic E-state index is 0.780. The molecule has 1 aromatic rings. The summed E-state index contributed by atoms with van der Waals surface area (Å²) >= 11 is 0. The molecule has 0 aromatic heterocycles. The first-order valence-electron chi connectivity index (χ1n) is 6.02. The zero-order valence-corrected chi connectivity index (χ0v) is 9.98. The van der Waals surface area contributed by atoms with Crippen LogP contribution in [0.2, 0.25) is 0 Å². The van der Waals surface area contributed by atoms with Gasteiger partial charge in [0.25, 0.3) is 0 Å². The second-order valence-corrected chi connectivity index (χ2v) is 4.91. The summed E-state index contributed by atoms with van der Waals surface area (Å²) in [5.74, 6) is 0. The fourth-order valence-electron chi connectivity index (χ4n) is 2.85. The van der Waals surface area contributed by atoms with Crippen molar-refractivity contribution in [1.29, 1.82) is 0 Å². The van der Waals surface area contributed by atoms with Crippen molar-refractivity contribution in [2.24, 2.45) is 0 Å². The number of hydrogen-bond donors (Lipinski definition) is 1. The predicted octanol–water partition coefficient (Wildman–Crippen LogP) is 1.62. The van der Waals surface area contributed by atoms with Crippen LogP contribution in [0.25, 0.3) is 0 Å². The van der Waals surface area contributed by atoms with Gasteiger partial charge in [-0.2, -0.15) is 0 Å². The molecule has 86 valence electrons. The van der Waals surface area contributed by atoms with Crippen molar-refractivity contribution in [2.75, 3.05) is 37.4 Å². The minimum Gasteiger partial charge on any atom is -0.388 e. The quantitative estimate of drug-likeness (QED) is 0.812. The van der Waals surface area contributed by atoms with Crippen LogP contribution >= 0.6 is 0 Å². The molecule has 0 spiro atoms. The smallest absolute Gasteiger partial charge is 0.0368 e. The average Bonchev–Trinajstić information content (AvgIpc) is 2.38. The molecule has 3 heterocycles. The number of hydrogen-bond acceptors (Lipinski definition) is 3. The van der Waals surface area contributed by atoms with Gasteiger partial charge in [0, 0.05) is 43.6 Å². The van der Waals surface area contributed by atoms with Crippen LogP contribution in [-0.2, 0) is 0 Å². The summed E-state index contributed by atoms with van der Waals surface area (Å²) < 4.78 is 0.